The Labute approximate surface area is 207 Å². The Morgan fingerprint density at radius 1 is 0.946 bits per heavy atom. The van der Waals surface area contributed by atoms with E-state index in [-0.39, 0.29) is 18.0 Å². The monoisotopic (exact) mass is 531 g/mol. The fourth-order valence-corrected chi connectivity index (χ4v) is 4.28. The van der Waals surface area contributed by atoms with Crippen LogP contribution in [0.5, 0.6) is 0 Å². The van der Waals surface area contributed by atoms with Gasteiger partial charge < -0.3 is 14.9 Å². The Morgan fingerprint density at radius 3 is 2.14 bits per heavy atom. The Balaban J connectivity index is 0.000000479. The smallest absolute Gasteiger partial charge is 0.475 e. The second-order valence-corrected chi connectivity index (χ2v) is 8.75. The van der Waals surface area contributed by atoms with Crippen LogP contribution >= 0.6 is 0 Å². The summed E-state index contributed by atoms with van der Waals surface area (Å²) in [4.78, 5) is 39.7. The van der Waals surface area contributed by atoms with Gasteiger partial charge >= 0.3 is 18.3 Å². The molecule has 1 unspecified atom stereocenters. The number of piperazine rings is 1. The SMILES string of the molecule is CN1CC(=O)N(c2ccccc2)CC12CCN(C(=O)c1cccc(C(F)(F)F)c1)C2.O=C(O)C(F)(F)F. The number of carbonyl (C=O) groups is 3. The molecule has 2 saturated heterocycles. The van der Waals surface area contributed by atoms with E-state index in [4.69, 9.17) is 9.90 Å². The number of carboxylic acid groups (broad SMARTS) is 1. The van der Waals surface area contributed by atoms with E-state index in [2.05, 4.69) is 0 Å². The molecule has 2 aliphatic heterocycles. The largest absolute Gasteiger partial charge is 0.490 e. The van der Waals surface area contributed by atoms with Crippen molar-refractivity contribution < 1.29 is 45.8 Å². The zero-order chi connectivity index (χ0) is 27.6. The van der Waals surface area contributed by atoms with E-state index >= 15 is 0 Å². The average Bonchev–Trinajstić information content (AvgIpc) is 3.26. The molecule has 4 rings (SSSR count). The van der Waals surface area contributed by atoms with Gasteiger partial charge in [0.1, 0.15) is 0 Å². The number of carbonyl (C=O) groups excluding carboxylic acids is 2. The second kappa shape index (κ2) is 10.4. The van der Waals surface area contributed by atoms with Crippen molar-refractivity contribution in [3.8, 4) is 0 Å². The number of anilines is 1. The highest BCUT2D eigenvalue weighted by atomic mass is 19.4. The molecule has 0 bridgehead atoms. The van der Waals surface area contributed by atoms with Crippen LogP contribution in [0.3, 0.4) is 0 Å². The minimum atomic E-state index is -5.08. The maximum atomic E-state index is 13.0. The van der Waals surface area contributed by atoms with E-state index in [1.165, 1.54) is 12.1 Å². The number of aliphatic carboxylic acids is 1. The second-order valence-electron chi connectivity index (χ2n) is 8.75. The maximum Gasteiger partial charge on any atom is 0.490 e. The van der Waals surface area contributed by atoms with Gasteiger partial charge in [0.25, 0.3) is 5.91 Å². The fourth-order valence-electron chi connectivity index (χ4n) is 4.28. The molecule has 2 aromatic rings. The lowest BCUT2D eigenvalue weighted by molar-refractivity contribution is -0.192. The standard InChI is InChI=1S/C22H22F3N3O2.C2HF3O2/c1-26-13-19(29)28(18-8-3-2-4-9-18)15-21(26)10-11-27(14-21)20(30)16-6-5-7-17(12-16)22(23,24)25;3-2(4,5)1(6)7/h2-9,12H,10-11,13-15H2,1H3;(H,6,7). The molecule has 7 nitrogen and oxygen atoms in total. The number of carboxylic acids is 1. The molecule has 0 radical (unpaired) electrons. The summed E-state index contributed by atoms with van der Waals surface area (Å²) in [6, 6.07) is 13.9. The van der Waals surface area contributed by atoms with Crippen LogP contribution in [0.25, 0.3) is 0 Å². The third kappa shape index (κ3) is 6.40. The zero-order valence-corrected chi connectivity index (χ0v) is 19.5. The first-order valence-corrected chi connectivity index (χ1v) is 11.0. The van der Waals surface area contributed by atoms with Gasteiger partial charge in [-0.2, -0.15) is 26.3 Å². The van der Waals surface area contributed by atoms with E-state index in [9.17, 15) is 35.9 Å². The van der Waals surface area contributed by atoms with Crippen LogP contribution in [0.2, 0.25) is 0 Å². The number of amides is 2. The van der Waals surface area contributed by atoms with Gasteiger partial charge in [-0.15, -0.1) is 0 Å². The summed E-state index contributed by atoms with van der Waals surface area (Å²) in [5.74, 6) is -3.20. The molecule has 2 fully saturated rings. The van der Waals surface area contributed by atoms with E-state index in [0.29, 0.717) is 26.1 Å². The molecule has 0 aromatic heterocycles. The Morgan fingerprint density at radius 2 is 1.57 bits per heavy atom. The summed E-state index contributed by atoms with van der Waals surface area (Å²) in [5, 5.41) is 7.12. The molecule has 2 amide bonds. The zero-order valence-electron chi connectivity index (χ0n) is 19.5. The fraction of sp³-hybridized carbons (Fsp3) is 0.375. The molecule has 13 heteroatoms. The van der Waals surface area contributed by atoms with Crippen molar-refractivity contribution in [3.05, 3.63) is 65.7 Å². The number of likely N-dealkylation sites (N-methyl/N-ethyl adjacent to an activating group) is 1. The van der Waals surface area contributed by atoms with E-state index in [1.807, 2.05) is 42.3 Å². The first-order chi connectivity index (χ1) is 17.1. The van der Waals surface area contributed by atoms with Gasteiger partial charge in [-0.1, -0.05) is 24.3 Å². The first kappa shape index (κ1) is 28.0. The van der Waals surface area contributed by atoms with Crippen molar-refractivity contribution in [1.82, 2.24) is 9.80 Å². The number of rotatable bonds is 2. The van der Waals surface area contributed by atoms with E-state index in [0.717, 1.165) is 17.8 Å². The quantitative estimate of drug-likeness (QED) is 0.595. The minimum Gasteiger partial charge on any atom is -0.475 e. The van der Waals surface area contributed by atoms with Gasteiger partial charge in [0.15, 0.2) is 0 Å². The summed E-state index contributed by atoms with van der Waals surface area (Å²) in [6.07, 6.45) is -8.94. The molecule has 0 aliphatic carbocycles. The van der Waals surface area contributed by atoms with Crippen LogP contribution in [-0.2, 0) is 15.8 Å². The van der Waals surface area contributed by atoms with Crippen LogP contribution in [0.4, 0.5) is 32.0 Å². The summed E-state index contributed by atoms with van der Waals surface area (Å²) in [6.45, 7) is 1.44. The highest BCUT2D eigenvalue weighted by Crippen LogP contribution is 2.35. The average molecular weight is 531 g/mol. The third-order valence-corrected chi connectivity index (χ3v) is 6.30. The van der Waals surface area contributed by atoms with Gasteiger partial charge in [0.05, 0.1) is 17.6 Å². The number of hydrogen-bond acceptors (Lipinski definition) is 4. The van der Waals surface area contributed by atoms with Crippen molar-refractivity contribution in [2.45, 2.75) is 24.3 Å². The molecule has 200 valence electrons. The molecule has 2 aromatic carbocycles. The molecule has 37 heavy (non-hydrogen) atoms. The number of halogens is 6. The third-order valence-electron chi connectivity index (χ3n) is 6.30. The lowest BCUT2D eigenvalue weighted by Crippen LogP contribution is -2.64. The van der Waals surface area contributed by atoms with Gasteiger partial charge in [0, 0.05) is 30.9 Å². The lowest BCUT2D eigenvalue weighted by atomic mass is 9.92. The molecule has 1 atom stereocenters. The molecule has 0 saturated carbocycles. The number of benzene rings is 2. The van der Waals surface area contributed by atoms with E-state index in [1.54, 1.807) is 9.80 Å². The normalized spacial score (nSPS) is 20.6. The van der Waals surface area contributed by atoms with Crippen molar-refractivity contribution in [1.29, 1.82) is 0 Å². The predicted octanol–water partition coefficient (Wildman–Crippen LogP) is 3.90. The lowest BCUT2D eigenvalue weighted by Gasteiger charge is -2.46. The highest BCUT2D eigenvalue weighted by molar-refractivity contribution is 5.97. The van der Waals surface area contributed by atoms with Gasteiger partial charge in [-0.25, -0.2) is 4.79 Å². The van der Waals surface area contributed by atoms with Crippen LogP contribution in [0, 0.1) is 0 Å². The van der Waals surface area contributed by atoms with Crippen LogP contribution in [0.15, 0.2) is 54.6 Å². The Bertz CT molecular complexity index is 1160. The number of hydrogen-bond donors (Lipinski definition) is 1. The molecular formula is C24H23F6N3O4. The summed E-state index contributed by atoms with van der Waals surface area (Å²) in [7, 11) is 1.86. The summed E-state index contributed by atoms with van der Waals surface area (Å²) in [5.41, 5.74) is -0.437. The van der Waals surface area contributed by atoms with Crippen molar-refractivity contribution in [3.63, 3.8) is 0 Å². The molecular weight excluding hydrogens is 508 g/mol. The topological polar surface area (TPSA) is 81.2 Å². The molecule has 1 N–H and O–H groups in total. The summed E-state index contributed by atoms with van der Waals surface area (Å²) < 4.78 is 70.8. The number of likely N-dealkylation sites (tertiary alicyclic amines) is 1. The van der Waals surface area contributed by atoms with E-state index < -0.39 is 35.3 Å². The van der Waals surface area contributed by atoms with Crippen LogP contribution < -0.4 is 4.90 Å². The Kier molecular flexibility index (Phi) is 7.86. The van der Waals surface area contributed by atoms with Gasteiger partial charge in [0.2, 0.25) is 5.91 Å². The predicted molar refractivity (Wildman–Crippen MR) is 120 cm³/mol. The number of alkyl halides is 6. The van der Waals surface area contributed by atoms with Gasteiger partial charge in [-0.3, -0.25) is 14.5 Å². The maximum absolute atomic E-state index is 13.0. The molecule has 1 spiro atoms. The minimum absolute atomic E-state index is 0.0167. The number of para-hydroxylation sites is 1. The molecule has 2 aliphatic rings. The highest BCUT2D eigenvalue weighted by Gasteiger charge is 2.49. The molecule has 2 heterocycles. The van der Waals surface area contributed by atoms with Crippen molar-refractivity contribution in [2.75, 3.05) is 38.1 Å². The Hall–Kier alpha value is -3.61. The first-order valence-electron chi connectivity index (χ1n) is 11.0. The van der Waals surface area contributed by atoms with Crippen molar-refractivity contribution >= 4 is 23.5 Å². The van der Waals surface area contributed by atoms with Crippen LogP contribution in [0.1, 0.15) is 22.3 Å². The van der Waals surface area contributed by atoms with Crippen molar-refractivity contribution in [2.24, 2.45) is 0 Å². The number of nitrogens with zero attached hydrogens (tertiary/aromatic N) is 3. The summed E-state index contributed by atoms with van der Waals surface area (Å²) >= 11 is 0. The van der Waals surface area contributed by atoms with Crippen LogP contribution in [-0.4, -0.2) is 77.6 Å². The van der Waals surface area contributed by atoms with Gasteiger partial charge in [-0.05, 0) is 43.8 Å².